The van der Waals surface area contributed by atoms with Crippen LogP contribution in [0.5, 0.6) is 5.75 Å². The average Bonchev–Trinajstić information content (AvgIpc) is 2.68. The van der Waals surface area contributed by atoms with Crippen molar-refractivity contribution in [3.8, 4) is 5.75 Å². The first-order valence-electron chi connectivity index (χ1n) is 4.72. The molecule has 0 atom stereocenters. The molecule has 0 amide bonds. The lowest BCUT2D eigenvalue weighted by atomic mass is 10.2. The maximum Gasteiger partial charge on any atom is 0.573 e. The van der Waals surface area contributed by atoms with Crippen molar-refractivity contribution in [2.75, 3.05) is 0 Å². The fourth-order valence-electron chi connectivity index (χ4n) is 1.35. The van der Waals surface area contributed by atoms with Crippen LogP contribution in [0.15, 0.2) is 36.7 Å². The van der Waals surface area contributed by atoms with E-state index >= 15 is 0 Å². The predicted octanol–water partition coefficient (Wildman–Crippen LogP) is 2.22. The molecule has 0 saturated carbocycles. The first-order chi connectivity index (χ1) is 8.03. The maximum atomic E-state index is 12.0. The number of hydrogen-bond donors (Lipinski definition) is 0. The molecule has 0 fully saturated rings. The smallest absolute Gasteiger partial charge is 0.406 e. The van der Waals surface area contributed by atoms with E-state index in [1.54, 1.807) is 12.3 Å². The normalized spacial score (nSPS) is 11.5. The van der Waals surface area contributed by atoms with Crippen LogP contribution in [-0.4, -0.2) is 21.4 Å². The summed E-state index contributed by atoms with van der Waals surface area (Å²) in [5.41, 5.74) is 0.650. The van der Waals surface area contributed by atoms with E-state index < -0.39 is 6.36 Å². The van der Waals surface area contributed by atoms with Crippen molar-refractivity contribution < 1.29 is 17.9 Å². The van der Waals surface area contributed by atoms with Crippen LogP contribution in [-0.2, 0) is 6.54 Å². The molecule has 0 saturated heterocycles. The van der Waals surface area contributed by atoms with Gasteiger partial charge < -0.3 is 4.74 Å². The van der Waals surface area contributed by atoms with Gasteiger partial charge >= 0.3 is 6.36 Å². The topological polar surface area (TPSA) is 39.9 Å². The quantitative estimate of drug-likeness (QED) is 0.829. The summed E-state index contributed by atoms with van der Waals surface area (Å²) in [6.45, 7) is 0.342. The van der Waals surface area contributed by atoms with Crippen LogP contribution >= 0.6 is 0 Å². The van der Waals surface area contributed by atoms with E-state index in [9.17, 15) is 13.2 Å². The Kier molecular flexibility index (Phi) is 2.99. The largest absolute Gasteiger partial charge is 0.573 e. The van der Waals surface area contributed by atoms with Crippen LogP contribution < -0.4 is 4.74 Å². The van der Waals surface area contributed by atoms with Crippen molar-refractivity contribution >= 4 is 0 Å². The van der Waals surface area contributed by atoms with Crippen LogP contribution in [0.25, 0.3) is 0 Å². The number of halogens is 3. The molecule has 4 nitrogen and oxygen atoms in total. The minimum absolute atomic E-state index is 0.241. The maximum absolute atomic E-state index is 12.0. The number of rotatable bonds is 3. The van der Waals surface area contributed by atoms with Gasteiger partial charge in [0.2, 0.25) is 0 Å². The third-order valence-corrected chi connectivity index (χ3v) is 1.95. The summed E-state index contributed by atoms with van der Waals surface area (Å²) in [4.78, 5) is 0. The molecule has 1 aromatic carbocycles. The highest BCUT2D eigenvalue weighted by Crippen LogP contribution is 2.23. The highest BCUT2D eigenvalue weighted by atomic mass is 19.4. The van der Waals surface area contributed by atoms with Gasteiger partial charge in [0, 0.05) is 6.20 Å². The molecule has 0 bridgehead atoms. The highest BCUT2D eigenvalue weighted by Gasteiger charge is 2.31. The van der Waals surface area contributed by atoms with E-state index in [1.165, 1.54) is 29.1 Å². The Hall–Kier alpha value is -2.05. The third-order valence-electron chi connectivity index (χ3n) is 1.95. The third kappa shape index (κ3) is 3.47. The van der Waals surface area contributed by atoms with E-state index in [4.69, 9.17) is 0 Å². The van der Waals surface area contributed by atoms with E-state index in [2.05, 4.69) is 15.0 Å². The van der Waals surface area contributed by atoms with E-state index in [-0.39, 0.29) is 5.75 Å². The zero-order valence-corrected chi connectivity index (χ0v) is 8.55. The van der Waals surface area contributed by atoms with Crippen LogP contribution in [0.3, 0.4) is 0 Å². The summed E-state index contributed by atoms with van der Waals surface area (Å²) in [6, 6.07) is 5.74. The number of hydrogen-bond acceptors (Lipinski definition) is 3. The second-order valence-corrected chi connectivity index (χ2v) is 3.30. The fraction of sp³-hybridized carbons (Fsp3) is 0.200. The summed E-state index contributed by atoms with van der Waals surface area (Å²) in [5.74, 6) is -0.241. The second kappa shape index (κ2) is 4.44. The van der Waals surface area contributed by atoms with Gasteiger partial charge in [-0.3, -0.25) is 0 Å². The Morgan fingerprint density at radius 2 is 2.12 bits per heavy atom. The molecule has 2 rings (SSSR count). The van der Waals surface area contributed by atoms with Gasteiger partial charge in [-0.05, 0) is 17.7 Å². The fourth-order valence-corrected chi connectivity index (χ4v) is 1.35. The summed E-state index contributed by atoms with van der Waals surface area (Å²) >= 11 is 0. The van der Waals surface area contributed by atoms with Crippen LogP contribution in [0, 0.1) is 0 Å². The summed E-state index contributed by atoms with van der Waals surface area (Å²) in [7, 11) is 0. The lowest BCUT2D eigenvalue weighted by Crippen LogP contribution is -2.17. The van der Waals surface area contributed by atoms with Crippen LogP contribution in [0.2, 0.25) is 0 Å². The molecule has 7 heteroatoms. The molecule has 1 heterocycles. The lowest BCUT2D eigenvalue weighted by molar-refractivity contribution is -0.274. The van der Waals surface area contributed by atoms with Crippen molar-refractivity contribution in [3.63, 3.8) is 0 Å². The Morgan fingerprint density at radius 3 is 2.76 bits per heavy atom. The van der Waals surface area contributed by atoms with Crippen molar-refractivity contribution in [2.45, 2.75) is 12.9 Å². The molecule has 0 spiro atoms. The Balaban J connectivity index is 2.12. The monoisotopic (exact) mass is 243 g/mol. The van der Waals surface area contributed by atoms with Crippen LogP contribution in [0.1, 0.15) is 5.56 Å². The van der Waals surface area contributed by atoms with Gasteiger partial charge in [0.1, 0.15) is 5.75 Å². The van der Waals surface area contributed by atoms with Gasteiger partial charge in [0.25, 0.3) is 0 Å². The number of benzene rings is 1. The molecule has 0 aliphatic heterocycles. The Bertz CT molecular complexity index is 482. The Morgan fingerprint density at radius 1 is 1.29 bits per heavy atom. The molecule has 2 aromatic rings. The number of aromatic nitrogens is 3. The molecule has 0 unspecified atom stereocenters. The first-order valence-corrected chi connectivity index (χ1v) is 4.72. The molecule has 1 aromatic heterocycles. The number of nitrogens with zero attached hydrogens (tertiary/aromatic N) is 3. The van der Waals surface area contributed by atoms with Crippen LogP contribution in [0.4, 0.5) is 13.2 Å². The van der Waals surface area contributed by atoms with Gasteiger partial charge in [-0.15, -0.1) is 18.3 Å². The van der Waals surface area contributed by atoms with Crippen molar-refractivity contribution in [3.05, 3.63) is 42.2 Å². The molecule has 0 radical (unpaired) electrons. The average molecular weight is 243 g/mol. The van der Waals surface area contributed by atoms with Gasteiger partial charge in [-0.1, -0.05) is 17.3 Å². The molecular weight excluding hydrogens is 235 g/mol. The SMILES string of the molecule is FC(F)(F)Oc1cccc(Cn2ccnn2)c1. The second-order valence-electron chi connectivity index (χ2n) is 3.30. The van der Waals surface area contributed by atoms with Gasteiger partial charge in [-0.25, -0.2) is 4.68 Å². The van der Waals surface area contributed by atoms with Crippen molar-refractivity contribution in [2.24, 2.45) is 0 Å². The highest BCUT2D eigenvalue weighted by molar-refractivity contribution is 5.28. The minimum Gasteiger partial charge on any atom is -0.406 e. The van der Waals surface area contributed by atoms with E-state index in [0.29, 0.717) is 12.1 Å². The molecular formula is C10H8F3N3O. The predicted molar refractivity (Wildman–Crippen MR) is 52.2 cm³/mol. The lowest BCUT2D eigenvalue weighted by Gasteiger charge is -2.09. The standard InChI is InChI=1S/C10H8F3N3O/c11-10(12,13)17-9-3-1-2-8(6-9)7-16-5-4-14-15-16/h1-6H,7H2. The van der Waals surface area contributed by atoms with E-state index in [0.717, 1.165) is 0 Å². The first kappa shape index (κ1) is 11.4. The van der Waals surface area contributed by atoms with Crippen molar-refractivity contribution in [1.82, 2.24) is 15.0 Å². The molecule has 0 N–H and O–H groups in total. The van der Waals surface area contributed by atoms with Gasteiger partial charge in [0.05, 0.1) is 12.7 Å². The molecule has 90 valence electrons. The summed E-state index contributed by atoms with van der Waals surface area (Å²) in [6.07, 6.45) is -1.56. The van der Waals surface area contributed by atoms with Gasteiger partial charge in [-0.2, -0.15) is 0 Å². The Labute approximate surface area is 94.6 Å². The van der Waals surface area contributed by atoms with Gasteiger partial charge in [0.15, 0.2) is 0 Å². The molecule has 0 aliphatic rings. The summed E-state index contributed by atoms with van der Waals surface area (Å²) in [5, 5.41) is 7.32. The number of alkyl halides is 3. The zero-order valence-electron chi connectivity index (χ0n) is 8.55. The zero-order chi connectivity index (χ0) is 12.3. The number of ether oxygens (including phenoxy) is 1. The van der Waals surface area contributed by atoms with E-state index in [1.807, 2.05) is 0 Å². The molecule has 0 aliphatic carbocycles. The minimum atomic E-state index is -4.67. The van der Waals surface area contributed by atoms with Crippen molar-refractivity contribution in [1.29, 1.82) is 0 Å². The summed E-state index contributed by atoms with van der Waals surface area (Å²) < 4.78 is 41.3. The molecule has 17 heavy (non-hydrogen) atoms.